The number of hydrazone groups is 1. The summed E-state index contributed by atoms with van der Waals surface area (Å²) in [6, 6.07) is 3.09. The van der Waals surface area contributed by atoms with Gasteiger partial charge in [-0.3, -0.25) is 15.5 Å². The Morgan fingerprint density at radius 2 is 2.14 bits per heavy atom. The van der Waals surface area contributed by atoms with E-state index in [4.69, 9.17) is 0 Å². The monoisotopic (exact) mass is 309 g/mol. The Bertz CT molecular complexity index is 770. The van der Waals surface area contributed by atoms with Gasteiger partial charge >= 0.3 is 5.69 Å². The van der Waals surface area contributed by atoms with Crippen molar-refractivity contribution in [2.75, 3.05) is 5.43 Å². The van der Waals surface area contributed by atoms with Crippen molar-refractivity contribution < 1.29 is 13.7 Å². The lowest BCUT2D eigenvalue weighted by molar-refractivity contribution is -0.384. The molecule has 0 spiro atoms. The lowest BCUT2D eigenvalue weighted by Gasteiger charge is -2.05. The maximum absolute atomic E-state index is 13.6. The van der Waals surface area contributed by atoms with Crippen LogP contribution in [-0.2, 0) is 7.05 Å². The van der Waals surface area contributed by atoms with E-state index in [9.17, 15) is 18.9 Å². The van der Waals surface area contributed by atoms with Crippen LogP contribution in [0.25, 0.3) is 0 Å². The molecular weight excluding hydrogens is 296 g/mol. The third-order valence-corrected chi connectivity index (χ3v) is 3.02. The molecule has 0 unspecified atom stereocenters. The molecule has 0 amide bonds. The van der Waals surface area contributed by atoms with Gasteiger partial charge in [-0.1, -0.05) is 0 Å². The molecule has 0 bridgehead atoms. The molecule has 2 aromatic rings. The zero-order valence-electron chi connectivity index (χ0n) is 12.1. The van der Waals surface area contributed by atoms with Crippen LogP contribution in [-0.4, -0.2) is 20.4 Å². The van der Waals surface area contributed by atoms with Crippen LogP contribution in [0.1, 0.15) is 18.2 Å². The topological polar surface area (TPSA) is 85.3 Å². The van der Waals surface area contributed by atoms with Gasteiger partial charge in [0.25, 0.3) is 0 Å². The third-order valence-electron chi connectivity index (χ3n) is 3.02. The lowest BCUT2D eigenvalue weighted by atomic mass is 10.1. The van der Waals surface area contributed by atoms with Gasteiger partial charge in [0.15, 0.2) is 0 Å². The number of nitro groups is 1. The molecule has 0 aliphatic heterocycles. The number of benzene rings is 1. The van der Waals surface area contributed by atoms with Gasteiger partial charge in [-0.25, -0.2) is 13.5 Å². The van der Waals surface area contributed by atoms with E-state index in [2.05, 4.69) is 15.6 Å². The molecule has 22 heavy (non-hydrogen) atoms. The lowest BCUT2D eigenvalue weighted by Crippen LogP contribution is -2.06. The summed E-state index contributed by atoms with van der Waals surface area (Å²) in [5.74, 6) is -1.39. The minimum absolute atomic E-state index is 0.0735. The Morgan fingerprint density at radius 3 is 2.73 bits per heavy atom. The average molecular weight is 309 g/mol. The first kappa shape index (κ1) is 15.5. The average Bonchev–Trinajstić information content (AvgIpc) is 2.70. The highest BCUT2D eigenvalue weighted by atomic mass is 19.1. The quantitative estimate of drug-likeness (QED) is 0.534. The SMILES string of the molecule is C/C(=N/Nc1c([N+](=O)[O-])c(C)nn1C)c1ccc(F)cc1F. The van der Waals surface area contributed by atoms with Crippen molar-refractivity contribution in [3.63, 3.8) is 0 Å². The van der Waals surface area contributed by atoms with Crippen LogP contribution in [0.4, 0.5) is 20.3 Å². The van der Waals surface area contributed by atoms with Crippen LogP contribution in [0.2, 0.25) is 0 Å². The van der Waals surface area contributed by atoms with Gasteiger partial charge in [-0.15, -0.1) is 0 Å². The van der Waals surface area contributed by atoms with Gasteiger partial charge in [-0.2, -0.15) is 10.2 Å². The molecule has 0 aliphatic rings. The van der Waals surface area contributed by atoms with E-state index in [0.717, 1.165) is 12.1 Å². The van der Waals surface area contributed by atoms with Crippen molar-refractivity contribution in [1.29, 1.82) is 0 Å². The molecule has 116 valence electrons. The molecule has 1 N–H and O–H groups in total. The highest BCUT2D eigenvalue weighted by Crippen LogP contribution is 2.27. The van der Waals surface area contributed by atoms with Crippen molar-refractivity contribution in [1.82, 2.24) is 9.78 Å². The minimum Gasteiger partial charge on any atom is -0.258 e. The predicted molar refractivity (Wildman–Crippen MR) is 76.8 cm³/mol. The van der Waals surface area contributed by atoms with Gasteiger partial charge in [0.2, 0.25) is 5.82 Å². The summed E-state index contributed by atoms with van der Waals surface area (Å²) < 4.78 is 27.8. The third kappa shape index (κ3) is 2.92. The van der Waals surface area contributed by atoms with Crippen LogP contribution >= 0.6 is 0 Å². The molecule has 0 fully saturated rings. The van der Waals surface area contributed by atoms with Crippen LogP contribution in [0.5, 0.6) is 0 Å². The highest BCUT2D eigenvalue weighted by Gasteiger charge is 2.23. The Kier molecular flexibility index (Phi) is 4.15. The number of hydrogen-bond donors (Lipinski definition) is 1. The molecule has 1 aromatic carbocycles. The number of aryl methyl sites for hydroxylation is 2. The van der Waals surface area contributed by atoms with E-state index in [1.807, 2.05) is 0 Å². The summed E-state index contributed by atoms with van der Waals surface area (Å²) in [6.45, 7) is 3.00. The van der Waals surface area contributed by atoms with Crippen molar-refractivity contribution >= 4 is 17.2 Å². The summed E-state index contributed by atoms with van der Waals surface area (Å²) in [5.41, 5.74) is 2.84. The molecule has 0 atom stereocenters. The molecule has 1 aromatic heterocycles. The molecule has 0 saturated carbocycles. The van der Waals surface area contributed by atoms with E-state index in [1.165, 1.54) is 31.6 Å². The molecule has 0 saturated heterocycles. The molecule has 2 rings (SSSR count). The Balaban J connectivity index is 2.34. The molecule has 0 radical (unpaired) electrons. The van der Waals surface area contributed by atoms with Crippen LogP contribution < -0.4 is 5.43 Å². The fourth-order valence-corrected chi connectivity index (χ4v) is 1.97. The van der Waals surface area contributed by atoms with Gasteiger partial charge in [0, 0.05) is 18.7 Å². The fourth-order valence-electron chi connectivity index (χ4n) is 1.97. The molecule has 7 nitrogen and oxygen atoms in total. The first-order valence-corrected chi connectivity index (χ1v) is 6.25. The van der Waals surface area contributed by atoms with E-state index >= 15 is 0 Å². The minimum atomic E-state index is -0.765. The zero-order valence-corrected chi connectivity index (χ0v) is 12.1. The van der Waals surface area contributed by atoms with Crippen LogP contribution in [0, 0.1) is 28.7 Å². The summed E-state index contributed by atoms with van der Waals surface area (Å²) >= 11 is 0. The van der Waals surface area contributed by atoms with Crippen molar-refractivity contribution in [3.05, 3.63) is 51.2 Å². The second-order valence-electron chi connectivity index (χ2n) is 4.60. The van der Waals surface area contributed by atoms with E-state index in [1.54, 1.807) is 0 Å². The Labute approximate surface area is 124 Å². The summed E-state index contributed by atoms with van der Waals surface area (Å²) in [7, 11) is 1.52. The number of aromatic nitrogens is 2. The Hall–Kier alpha value is -2.84. The van der Waals surface area contributed by atoms with Crippen LogP contribution in [0.15, 0.2) is 23.3 Å². The van der Waals surface area contributed by atoms with Crippen molar-refractivity contribution in [3.8, 4) is 0 Å². The van der Waals surface area contributed by atoms with E-state index < -0.39 is 16.6 Å². The number of hydrogen-bond acceptors (Lipinski definition) is 5. The standard InChI is InChI=1S/C13H13F2N5O2/c1-7(10-5-4-9(14)6-11(10)15)16-17-13-12(20(21)22)8(2)18-19(13)3/h4-6,17H,1-3H3/b16-7-. The number of rotatable bonds is 4. The summed E-state index contributed by atoms with van der Waals surface area (Å²) in [5, 5.41) is 18.9. The number of anilines is 1. The van der Waals surface area contributed by atoms with E-state index in [-0.39, 0.29) is 28.5 Å². The zero-order chi connectivity index (χ0) is 16.4. The molecule has 0 aliphatic carbocycles. The van der Waals surface area contributed by atoms with Gasteiger partial charge < -0.3 is 0 Å². The maximum Gasteiger partial charge on any atom is 0.335 e. The smallest absolute Gasteiger partial charge is 0.258 e. The summed E-state index contributed by atoms with van der Waals surface area (Å²) in [4.78, 5) is 10.4. The van der Waals surface area contributed by atoms with Crippen molar-refractivity contribution in [2.24, 2.45) is 12.1 Å². The number of halogens is 2. The normalized spacial score (nSPS) is 11.6. The molecule has 1 heterocycles. The fraction of sp³-hybridized carbons (Fsp3) is 0.231. The second kappa shape index (κ2) is 5.88. The van der Waals surface area contributed by atoms with Crippen molar-refractivity contribution in [2.45, 2.75) is 13.8 Å². The molecule has 9 heteroatoms. The first-order valence-electron chi connectivity index (χ1n) is 6.25. The van der Waals surface area contributed by atoms with E-state index in [0.29, 0.717) is 0 Å². The van der Waals surface area contributed by atoms with Crippen LogP contribution in [0.3, 0.4) is 0 Å². The number of nitrogens with one attached hydrogen (secondary N) is 1. The second-order valence-corrected chi connectivity index (χ2v) is 4.60. The first-order chi connectivity index (χ1) is 10.3. The van der Waals surface area contributed by atoms with Gasteiger partial charge in [0.1, 0.15) is 17.3 Å². The number of nitrogens with zero attached hydrogens (tertiary/aromatic N) is 4. The largest absolute Gasteiger partial charge is 0.335 e. The van der Waals surface area contributed by atoms with Gasteiger partial charge in [-0.05, 0) is 26.0 Å². The maximum atomic E-state index is 13.6. The van der Waals surface area contributed by atoms with Gasteiger partial charge in [0.05, 0.1) is 10.6 Å². The highest BCUT2D eigenvalue weighted by molar-refractivity contribution is 5.99. The Morgan fingerprint density at radius 1 is 1.45 bits per heavy atom. The molecular formula is C13H13F2N5O2. The summed E-state index contributed by atoms with van der Waals surface area (Å²) in [6.07, 6.45) is 0. The predicted octanol–water partition coefficient (Wildman–Crippen LogP) is 2.75.